The Bertz CT molecular complexity index is 427. The molecule has 0 radical (unpaired) electrons. The minimum absolute atomic E-state index is 0.0835. The fourth-order valence-corrected chi connectivity index (χ4v) is 2.13. The molecule has 7 heteroatoms. The molecule has 6 N–H and O–H groups in total. The van der Waals surface area contributed by atoms with Gasteiger partial charge in [-0.1, -0.05) is 15.9 Å². The predicted molar refractivity (Wildman–Crippen MR) is 65.4 cm³/mol. The molecule has 0 aliphatic carbocycles. The van der Waals surface area contributed by atoms with Gasteiger partial charge in [0.15, 0.2) is 0 Å². The van der Waals surface area contributed by atoms with Crippen LogP contribution in [0.1, 0.15) is 5.56 Å². The second kappa shape index (κ2) is 5.13. The number of phenolic OH excluding ortho intramolecular Hbond substituents is 1. The van der Waals surface area contributed by atoms with Crippen LogP contribution in [0, 0.1) is 0 Å². The first kappa shape index (κ1) is 12.0. The number of nitrogens with two attached hydrogens (primary N) is 2. The van der Waals surface area contributed by atoms with Gasteiger partial charge in [-0.2, -0.15) is 0 Å². The van der Waals surface area contributed by atoms with Gasteiger partial charge in [0.05, 0.1) is 10.0 Å². The highest BCUT2D eigenvalue weighted by Crippen LogP contribution is 2.30. The maximum Gasteiger partial charge on any atom is 0.256 e. The van der Waals surface area contributed by atoms with Crippen molar-refractivity contribution in [3.05, 3.63) is 26.6 Å². The van der Waals surface area contributed by atoms with Gasteiger partial charge < -0.3 is 16.6 Å². The largest absolute Gasteiger partial charge is 0.506 e. The van der Waals surface area contributed by atoms with Gasteiger partial charge in [-0.05, 0) is 28.1 Å². The summed E-state index contributed by atoms with van der Waals surface area (Å²) < 4.78 is 1.40. The molecule has 15 heavy (non-hydrogen) atoms. The van der Waals surface area contributed by atoms with E-state index in [1.807, 2.05) is 0 Å². The molecular formula is C8H9Br2N4O+. The topological polar surface area (TPSA) is 98.6 Å². The van der Waals surface area contributed by atoms with Crippen molar-refractivity contribution >= 4 is 44.0 Å². The van der Waals surface area contributed by atoms with Crippen LogP contribution >= 0.6 is 31.9 Å². The third kappa shape index (κ3) is 3.52. The fourth-order valence-electron chi connectivity index (χ4n) is 0.872. The average molecular weight is 337 g/mol. The number of nitrogens with zero attached hydrogens (tertiary/aromatic N) is 1. The Morgan fingerprint density at radius 1 is 1.40 bits per heavy atom. The number of benzene rings is 1. The Balaban J connectivity index is 3.05. The zero-order valence-electron chi connectivity index (χ0n) is 7.54. The van der Waals surface area contributed by atoms with Crippen LogP contribution in [-0.2, 0) is 0 Å². The molecule has 1 aromatic rings. The summed E-state index contributed by atoms with van der Waals surface area (Å²) in [5, 5.41) is 15.7. The van der Waals surface area contributed by atoms with Gasteiger partial charge in [0.2, 0.25) is 6.21 Å². The molecule has 80 valence electrons. The molecule has 0 saturated heterocycles. The highest BCUT2D eigenvalue weighted by atomic mass is 79.9. The van der Waals surface area contributed by atoms with Crippen molar-refractivity contribution in [2.45, 2.75) is 0 Å². The first-order chi connectivity index (χ1) is 7.00. The second-order valence-electron chi connectivity index (χ2n) is 2.64. The summed E-state index contributed by atoms with van der Waals surface area (Å²) >= 11 is 6.50. The molecule has 0 heterocycles. The molecule has 0 saturated carbocycles. The van der Waals surface area contributed by atoms with E-state index >= 15 is 0 Å². The quantitative estimate of drug-likeness (QED) is 0.336. The third-order valence-electron chi connectivity index (χ3n) is 1.47. The number of guanidine groups is 1. The number of halogens is 2. The monoisotopic (exact) mass is 335 g/mol. The summed E-state index contributed by atoms with van der Waals surface area (Å²) in [4.78, 5) is 0. The van der Waals surface area contributed by atoms with E-state index in [1.165, 1.54) is 6.21 Å². The maximum absolute atomic E-state index is 9.64. The third-order valence-corrected chi connectivity index (χ3v) is 2.53. The maximum atomic E-state index is 9.64. The van der Waals surface area contributed by atoms with E-state index < -0.39 is 0 Å². The number of phenols is 1. The van der Waals surface area contributed by atoms with Gasteiger partial charge >= 0.3 is 0 Å². The van der Waals surface area contributed by atoms with Gasteiger partial charge in [0.1, 0.15) is 5.75 Å². The second-order valence-corrected chi connectivity index (χ2v) is 4.41. The Morgan fingerprint density at radius 3 is 2.67 bits per heavy atom. The van der Waals surface area contributed by atoms with Crippen LogP contribution in [0.4, 0.5) is 0 Å². The number of hydrogen-bond donors (Lipinski definition) is 4. The number of aromatic hydroxyl groups is 1. The van der Waals surface area contributed by atoms with E-state index in [-0.39, 0.29) is 11.7 Å². The molecule has 1 rings (SSSR count). The van der Waals surface area contributed by atoms with Crippen LogP contribution < -0.4 is 16.6 Å². The first-order valence-corrected chi connectivity index (χ1v) is 5.44. The van der Waals surface area contributed by atoms with Crippen LogP contribution in [0.15, 0.2) is 26.2 Å². The lowest BCUT2D eigenvalue weighted by atomic mass is 10.2. The van der Waals surface area contributed by atoms with Crippen molar-refractivity contribution in [2.24, 2.45) is 16.6 Å². The summed E-state index contributed by atoms with van der Waals surface area (Å²) in [7, 11) is 0. The molecule has 0 fully saturated rings. The van der Waals surface area contributed by atoms with Crippen molar-refractivity contribution in [3.8, 4) is 5.75 Å². The minimum atomic E-state index is -0.0835. The SMILES string of the molecule is NC(N)=N/[NH+]=C/c1cc(Br)cc(Br)c1O. The van der Waals surface area contributed by atoms with Crippen molar-refractivity contribution in [2.75, 3.05) is 0 Å². The van der Waals surface area contributed by atoms with Gasteiger partial charge in [0.25, 0.3) is 5.96 Å². The van der Waals surface area contributed by atoms with E-state index in [0.29, 0.717) is 10.0 Å². The summed E-state index contributed by atoms with van der Waals surface area (Å²) in [6.07, 6.45) is 1.48. The lowest BCUT2D eigenvalue weighted by Gasteiger charge is -1.99. The van der Waals surface area contributed by atoms with Crippen LogP contribution in [0.5, 0.6) is 5.75 Å². The summed E-state index contributed by atoms with van der Waals surface area (Å²) in [5.74, 6) is 0.0243. The van der Waals surface area contributed by atoms with Crippen LogP contribution in [0.2, 0.25) is 0 Å². The summed E-state index contributed by atoms with van der Waals surface area (Å²) in [6, 6.07) is 3.45. The molecule has 0 aliphatic rings. The molecule has 0 atom stereocenters. The highest BCUT2D eigenvalue weighted by molar-refractivity contribution is 9.11. The molecule has 0 aromatic heterocycles. The number of hydrogen-bond acceptors (Lipinski definition) is 2. The van der Waals surface area contributed by atoms with E-state index in [9.17, 15) is 5.11 Å². The van der Waals surface area contributed by atoms with Crippen molar-refractivity contribution in [3.63, 3.8) is 0 Å². The normalized spacial score (nSPS) is 10.5. The minimum Gasteiger partial charge on any atom is -0.506 e. The molecule has 1 aromatic carbocycles. The standard InChI is InChI=1S/C8H8Br2N4O/c9-5-1-4(3-13-14-8(11)12)7(15)6(10)2-5/h1-3,15H,(H4,11,12,14)/p+1/b13-3+. The van der Waals surface area contributed by atoms with Gasteiger partial charge in [-0.15, -0.1) is 5.10 Å². The first-order valence-electron chi connectivity index (χ1n) is 3.86. The summed E-state index contributed by atoms with van der Waals surface area (Å²) in [6.45, 7) is 0. The van der Waals surface area contributed by atoms with Crippen molar-refractivity contribution < 1.29 is 10.2 Å². The summed E-state index contributed by atoms with van der Waals surface area (Å²) in [5.41, 5.74) is 10.8. The Hall–Kier alpha value is -1.08. The van der Waals surface area contributed by atoms with E-state index in [1.54, 1.807) is 12.1 Å². The van der Waals surface area contributed by atoms with Crippen LogP contribution in [0.25, 0.3) is 0 Å². The van der Waals surface area contributed by atoms with E-state index in [2.05, 4.69) is 42.1 Å². The molecule has 0 bridgehead atoms. The lowest BCUT2D eigenvalue weighted by Crippen LogP contribution is -2.63. The smallest absolute Gasteiger partial charge is 0.256 e. The van der Waals surface area contributed by atoms with Crippen LogP contribution in [0.3, 0.4) is 0 Å². The number of nitrogens with one attached hydrogen (secondary N) is 1. The van der Waals surface area contributed by atoms with Crippen molar-refractivity contribution in [1.29, 1.82) is 0 Å². The Morgan fingerprint density at radius 2 is 2.07 bits per heavy atom. The van der Waals surface area contributed by atoms with E-state index in [4.69, 9.17) is 11.5 Å². The molecule has 0 unspecified atom stereocenters. The Kier molecular flexibility index (Phi) is 4.10. The van der Waals surface area contributed by atoms with Crippen LogP contribution in [-0.4, -0.2) is 17.3 Å². The van der Waals surface area contributed by atoms with Gasteiger partial charge in [-0.25, -0.2) is 0 Å². The number of hydrazone groups is 1. The molecular weight excluding hydrogens is 328 g/mol. The van der Waals surface area contributed by atoms with Gasteiger partial charge in [0, 0.05) is 9.57 Å². The Labute approximate surface area is 103 Å². The highest BCUT2D eigenvalue weighted by Gasteiger charge is 2.07. The molecule has 0 amide bonds. The molecule has 5 nitrogen and oxygen atoms in total. The zero-order valence-corrected chi connectivity index (χ0v) is 10.7. The van der Waals surface area contributed by atoms with E-state index in [0.717, 1.165) is 4.47 Å². The zero-order chi connectivity index (χ0) is 11.4. The molecule has 0 spiro atoms. The predicted octanol–water partition coefficient (Wildman–Crippen LogP) is -0.395. The fraction of sp³-hybridized carbons (Fsp3) is 0. The van der Waals surface area contributed by atoms with Crippen molar-refractivity contribution in [1.82, 2.24) is 0 Å². The van der Waals surface area contributed by atoms with Gasteiger partial charge in [-0.3, -0.25) is 0 Å². The molecule has 0 aliphatic heterocycles. The lowest BCUT2D eigenvalue weighted by molar-refractivity contribution is -0.456. The number of rotatable bonds is 2. The average Bonchev–Trinajstić information content (AvgIpc) is 2.12.